The molecule has 3 rings (SSSR count). The van der Waals surface area contributed by atoms with Gasteiger partial charge in [-0.25, -0.2) is 0 Å². The summed E-state index contributed by atoms with van der Waals surface area (Å²) in [6, 6.07) is -0.994. The van der Waals surface area contributed by atoms with Gasteiger partial charge in [0.05, 0.1) is 38.6 Å². The number of aliphatic hydroxyl groups excluding tert-OH is 11. The highest BCUT2D eigenvalue weighted by Gasteiger charge is 2.53. The fraction of sp³-hybridized carbons (Fsp3) is 0.824. The van der Waals surface area contributed by atoms with Crippen LogP contribution in [0.2, 0.25) is 0 Å². The van der Waals surface area contributed by atoms with Crippen molar-refractivity contribution in [1.82, 2.24) is 5.32 Å². The molecule has 0 aromatic rings. The van der Waals surface area contributed by atoms with Crippen molar-refractivity contribution < 1.29 is 89.4 Å². The molecule has 3 fully saturated rings. The van der Waals surface area contributed by atoms with Crippen LogP contribution in [0, 0.1) is 0 Å². The SMILES string of the molecule is CCCC/C=C\C/C=C\CCCCCCCC(=O)NC(COC1OC(CO)C(OC2OC(CO)C(OC3OC(CO)C(O)C(O)C3O)C(O)C2O)C(O)C1O)C(O)/C=C/CC/C=C/CCCCCCC. The molecule has 12 N–H and O–H groups in total. The first-order valence-corrected chi connectivity index (χ1v) is 25.9. The predicted molar refractivity (Wildman–Crippen MR) is 259 cm³/mol. The van der Waals surface area contributed by atoms with Gasteiger partial charge in [-0.1, -0.05) is 120 Å². The third kappa shape index (κ3) is 21.3. The van der Waals surface area contributed by atoms with Crippen LogP contribution in [0.15, 0.2) is 48.6 Å². The van der Waals surface area contributed by atoms with Gasteiger partial charge in [-0.15, -0.1) is 0 Å². The zero-order valence-electron chi connectivity index (χ0n) is 41.5. The van der Waals surface area contributed by atoms with Crippen LogP contribution >= 0.6 is 0 Å². The summed E-state index contributed by atoms with van der Waals surface area (Å²) in [6.07, 6.45) is 8.36. The van der Waals surface area contributed by atoms with E-state index in [9.17, 15) is 61.0 Å². The number of carbonyl (C=O) groups excluding carboxylic acids is 1. The second-order valence-electron chi connectivity index (χ2n) is 18.6. The summed E-state index contributed by atoms with van der Waals surface area (Å²) in [4.78, 5) is 13.2. The number of hydrogen-bond acceptors (Lipinski definition) is 18. The number of amides is 1. The van der Waals surface area contributed by atoms with Gasteiger partial charge >= 0.3 is 0 Å². The molecule has 0 radical (unpaired) electrons. The Labute approximate surface area is 414 Å². The first-order valence-electron chi connectivity index (χ1n) is 25.9. The quantitative estimate of drug-likeness (QED) is 0.0319. The second kappa shape index (κ2) is 35.8. The highest BCUT2D eigenvalue weighted by molar-refractivity contribution is 5.76. The Bertz CT molecular complexity index is 1480. The van der Waals surface area contributed by atoms with Crippen LogP contribution in [0.3, 0.4) is 0 Å². The minimum absolute atomic E-state index is 0.217. The van der Waals surface area contributed by atoms with E-state index in [1.54, 1.807) is 6.08 Å². The van der Waals surface area contributed by atoms with E-state index >= 15 is 0 Å². The van der Waals surface area contributed by atoms with Crippen molar-refractivity contribution in [3.05, 3.63) is 48.6 Å². The van der Waals surface area contributed by atoms with Crippen LogP contribution in [-0.2, 0) is 33.2 Å². The standard InChI is InChI=1S/C51H89NO18/c1-3-5-7-9-11-13-15-16-17-19-21-23-25-27-29-39(57)52-34(35(56)28-26-24-22-20-18-14-12-10-8-6-4-2)33-65-49-45(63)42(60)47(37(31-54)67-49)70-51-46(64)43(61)48(38(32-55)68-51)69-50-44(62)41(59)40(58)36(30-53)66-50/h9,11,15-16,18,20,26,28,34-38,40-51,53-56,58-64H,3-8,10,12-14,17,19,21-25,27,29-33H2,1-2H3,(H,52,57)/b11-9-,16-15-,20-18+,28-26+. The van der Waals surface area contributed by atoms with E-state index in [-0.39, 0.29) is 18.9 Å². The molecule has 17 atom stereocenters. The Hall–Kier alpha value is -2.25. The normalized spacial score (nSPS) is 33.0. The number of unbranched alkanes of at least 4 members (excludes halogenated alkanes) is 13. The molecule has 0 aliphatic carbocycles. The Morgan fingerprint density at radius 3 is 1.56 bits per heavy atom. The summed E-state index contributed by atoms with van der Waals surface area (Å²) < 4.78 is 34.0. The average Bonchev–Trinajstić information content (AvgIpc) is 3.35. The van der Waals surface area contributed by atoms with Crippen LogP contribution in [-0.4, -0.2) is 193 Å². The molecule has 0 aromatic heterocycles. The van der Waals surface area contributed by atoms with E-state index in [1.807, 2.05) is 6.08 Å². The number of carbonyl (C=O) groups is 1. The molecule has 3 aliphatic rings. The fourth-order valence-electron chi connectivity index (χ4n) is 8.45. The topological polar surface area (TPSA) is 307 Å². The molecular formula is C51H89NO18. The molecular weight excluding hydrogens is 915 g/mol. The third-order valence-corrected chi connectivity index (χ3v) is 12.8. The highest BCUT2D eigenvalue weighted by atomic mass is 16.8. The van der Waals surface area contributed by atoms with Gasteiger partial charge in [-0.2, -0.15) is 0 Å². The minimum atomic E-state index is -1.98. The van der Waals surface area contributed by atoms with E-state index in [1.165, 1.54) is 38.5 Å². The lowest BCUT2D eigenvalue weighted by molar-refractivity contribution is -0.379. The molecule has 0 saturated carbocycles. The van der Waals surface area contributed by atoms with Gasteiger partial charge < -0.3 is 89.9 Å². The lowest BCUT2D eigenvalue weighted by atomic mass is 9.96. The number of hydrogen-bond donors (Lipinski definition) is 12. The van der Waals surface area contributed by atoms with E-state index in [0.717, 1.165) is 64.2 Å². The molecule has 3 aliphatic heterocycles. The predicted octanol–water partition coefficient (Wildman–Crippen LogP) is 1.97. The lowest BCUT2D eigenvalue weighted by Crippen LogP contribution is -2.66. The largest absolute Gasteiger partial charge is 0.394 e. The van der Waals surface area contributed by atoms with Gasteiger partial charge in [0.25, 0.3) is 0 Å². The number of allylic oxidation sites excluding steroid dienone is 7. The molecule has 19 heteroatoms. The van der Waals surface area contributed by atoms with Crippen LogP contribution in [0.25, 0.3) is 0 Å². The van der Waals surface area contributed by atoms with E-state index in [2.05, 4.69) is 55.6 Å². The number of rotatable bonds is 35. The first-order chi connectivity index (χ1) is 33.8. The van der Waals surface area contributed by atoms with Gasteiger partial charge in [0.1, 0.15) is 73.2 Å². The molecule has 406 valence electrons. The van der Waals surface area contributed by atoms with Crippen LogP contribution in [0.4, 0.5) is 0 Å². The lowest BCUT2D eigenvalue weighted by Gasteiger charge is -2.48. The van der Waals surface area contributed by atoms with Crippen molar-refractivity contribution in [2.75, 3.05) is 26.4 Å². The van der Waals surface area contributed by atoms with E-state index < -0.39 is 124 Å². The number of aliphatic hydroxyl groups is 11. The maximum Gasteiger partial charge on any atom is 0.220 e. The Morgan fingerprint density at radius 2 is 0.971 bits per heavy atom. The fourth-order valence-corrected chi connectivity index (χ4v) is 8.45. The molecule has 19 nitrogen and oxygen atoms in total. The summed E-state index contributed by atoms with van der Waals surface area (Å²) in [7, 11) is 0. The van der Waals surface area contributed by atoms with Gasteiger partial charge in [0.2, 0.25) is 5.91 Å². The number of nitrogens with one attached hydrogen (secondary N) is 1. The van der Waals surface area contributed by atoms with Gasteiger partial charge in [0, 0.05) is 6.42 Å². The van der Waals surface area contributed by atoms with Crippen LogP contribution < -0.4 is 5.32 Å². The molecule has 17 unspecified atom stereocenters. The maximum atomic E-state index is 13.2. The van der Waals surface area contributed by atoms with Gasteiger partial charge in [0.15, 0.2) is 18.9 Å². The second-order valence-corrected chi connectivity index (χ2v) is 18.6. The smallest absolute Gasteiger partial charge is 0.220 e. The Balaban J connectivity index is 1.58. The molecule has 0 bridgehead atoms. The van der Waals surface area contributed by atoms with E-state index in [0.29, 0.717) is 12.8 Å². The van der Waals surface area contributed by atoms with Crippen molar-refractivity contribution >= 4 is 5.91 Å². The van der Waals surface area contributed by atoms with Crippen molar-refractivity contribution in [2.45, 2.75) is 240 Å². The zero-order chi connectivity index (χ0) is 51.3. The van der Waals surface area contributed by atoms with Crippen molar-refractivity contribution in [1.29, 1.82) is 0 Å². The molecule has 70 heavy (non-hydrogen) atoms. The molecule has 3 saturated heterocycles. The summed E-state index contributed by atoms with van der Waals surface area (Å²) in [5, 5.41) is 119. The zero-order valence-corrected chi connectivity index (χ0v) is 41.5. The molecule has 0 aromatic carbocycles. The van der Waals surface area contributed by atoms with Crippen LogP contribution in [0.1, 0.15) is 136 Å². The molecule has 1 amide bonds. The summed E-state index contributed by atoms with van der Waals surface area (Å²) >= 11 is 0. The van der Waals surface area contributed by atoms with Crippen LogP contribution in [0.5, 0.6) is 0 Å². The molecule has 0 spiro atoms. The molecule has 3 heterocycles. The monoisotopic (exact) mass is 1000 g/mol. The first kappa shape index (κ1) is 62.0. The summed E-state index contributed by atoms with van der Waals surface area (Å²) in [5.74, 6) is -0.306. The summed E-state index contributed by atoms with van der Waals surface area (Å²) in [6.45, 7) is 1.57. The van der Waals surface area contributed by atoms with Crippen molar-refractivity contribution in [3.8, 4) is 0 Å². The Morgan fingerprint density at radius 1 is 0.514 bits per heavy atom. The minimum Gasteiger partial charge on any atom is -0.394 e. The number of ether oxygens (including phenoxy) is 6. The van der Waals surface area contributed by atoms with Gasteiger partial charge in [-0.3, -0.25) is 4.79 Å². The van der Waals surface area contributed by atoms with Crippen molar-refractivity contribution in [3.63, 3.8) is 0 Å². The van der Waals surface area contributed by atoms with Crippen molar-refractivity contribution in [2.24, 2.45) is 0 Å². The highest BCUT2D eigenvalue weighted by Crippen LogP contribution is 2.33. The van der Waals surface area contributed by atoms with E-state index in [4.69, 9.17) is 28.4 Å². The summed E-state index contributed by atoms with van der Waals surface area (Å²) in [5.41, 5.74) is 0. The average molecular weight is 1000 g/mol. The maximum absolute atomic E-state index is 13.2. The Kier molecular flexibility index (Phi) is 31.8. The van der Waals surface area contributed by atoms with Gasteiger partial charge in [-0.05, 0) is 57.8 Å². The third-order valence-electron chi connectivity index (χ3n) is 12.8.